The molecule has 2 fully saturated rings. The largest absolute Gasteiger partial charge is 0.339 e. The van der Waals surface area contributed by atoms with Gasteiger partial charge in [-0.25, -0.2) is 0 Å². The van der Waals surface area contributed by atoms with Crippen LogP contribution >= 0.6 is 11.3 Å². The summed E-state index contributed by atoms with van der Waals surface area (Å²) < 4.78 is 0. The minimum Gasteiger partial charge on any atom is -0.339 e. The molecule has 2 aliphatic rings. The van der Waals surface area contributed by atoms with E-state index in [1.807, 2.05) is 33.6 Å². The highest BCUT2D eigenvalue weighted by Gasteiger charge is 2.35. The maximum Gasteiger partial charge on any atom is 0.254 e. The number of rotatable bonds is 3. The molecule has 142 valence electrons. The van der Waals surface area contributed by atoms with Gasteiger partial charge in [0.25, 0.3) is 5.91 Å². The number of nitrogens with zero attached hydrogens (tertiary/aromatic N) is 3. The third-order valence-corrected chi connectivity index (χ3v) is 5.96. The van der Waals surface area contributed by atoms with Gasteiger partial charge in [-0.15, -0.1) is 0 Å². The van der Waals surface area contributed by atoms with Gasteiger partial charge in [0, 0.05) is 44.5 Å². The molecule has 2 aliphatic heterocycles. The van der Waals surface area contributed by atoms with Crippen molar-refractivity contribution in [2.75, 3.05) is 32.7 Å². The number of carbonyl (C=O) groups is 3. The predicted octanol–water partition coefficient (Wildman–Crippen LogP) is 2.21. The Morgan fingerprint density at radius 1 is 1.04 bits per heavy atom. The van der Waals surface area contributed by atoms with Crippen molar-refractivity contribution < 1.29 is 14.4 Å². The number of hydrogen-bond acceptors (Lipinski definition) is 4. The summed E-state index contributed by atoms with van der Waals surface area (Å²) in [7, 11) is 0. The maximum atomic E-state index is 13.1. The van der Waals surface area contributed by atoms with E-state index in [1.165, 1.54) is 11.3 Å². The quantitative estimate of drug-likeness (QED) is 0.811. The Hall–Kier alpha value is -1.89. The van der Waals surface area contributed by atoms with Crippen LogP contribution in [0.2, 0.25) is 0 Å². The Bertz CT molecular complexity index is 646. The molecule has 0 radical (unpaired) electrons. The summed E-state index contributed by atoms with van der Waals surface area (Å²) in [5.74, 6) is 0.157. The number of hydrogen-bond donors (Lipinski definition) is 0. The van der Waals surface area contributed by atoms with E-state index in [9.17, 15) is 14.4 Å². The number of likely N-dealkylation sites (tertiary alicyclic amines) is 1. The SMILES string of the molecule is CCC(=O)N1CCCCC1C(=O)N1CCCN(C(=O)c2ccsc2)CC1. The molecule has 0 aliphatic carbocycles. The zero-order valence-corrected chi connectivity index (χ0v) is 16.2. The summed E-state index contributed by atoms with van der Waals surface area (Å²) in [6, 6.07) is 1.52. The summed E-state index contributed by atoms with van der Waals surface area (Å²) in [6.45, 7) is 4.93. The maximum absolute atomic E-state index is 13.1. The number of amides is 3. The van der Waals surface area contributed by atoms with Gasteiger partial charge >= 0.3 is 0 Å². The molecule has 7 heteroatoms. The summed E-state index contributed by atoms with van der Waals surface area (Å²) in [5, 5.41) is 3.77. The van der Waals surface area contributed by atoms with Gasteiger partial charge in [0.1, 0.15) is 6.04 Å². The van der Waals surface area contributed by atoms with Gasteiger partial charge in [0.05, 0.1) is 5.56 Å². The van der Waals surface area contributed by atoms with Gasteiger partial charge in [-0.2, -0.15) is 11.3 Å². The third-order valence-electron chi connectivity index (χ3n) is 5.27. The van der Waals surface area contributed by atoms with Crippen LogP contribution in [-0.2, 0) is 9.59 Å². The summed E-state index contributed by atoms with van der Waals surface area (Å²) in [4.78, 5) is 43.3. The molecule has 6 nitrogen and oxygen atoms in total. The summed E-state index contributed by atoms with van der Waals surface area (Å²) in [5.41, 5.74) is 0.724. The Kier molecular flexibility index (Phi) is 6.29. The van der Waals surface area contributed by atoms with Crippen LogP contribution in [0.4, 0.5) is 0 Å². The van der Waals surface area contributed by atoms with E-state index in [0.717, 1.165) is 31.2 Å². The van der Waals surface area contributed by atoms with E-state index in [4.69, 9.17) is 0 Å². The molecular formula is C19H27N3O3S. The van der Waals surface area contributed by atoms with Gasteiger partial charge in [-0.3, -0.25) is 14.4 Å². The van der Waals surface area contributed by atoms with Crippen LogP contribution in [0.5, 0.6) is 0 Å². The van der Waals surface area contributed by atoms with Crippen molar-refractivity contribution in [2.24, 2.45) is 0 Å². The number of thiophene rings is 1. The predicted molar refractivity (Wildman–Crippen MR) is 101 cm³/mol. The van der Waals surface area contributed by atoms with Gasteiger partial charge in [-0.05, 0) is 37.1 Å². The monoisotopic (exact) mass is 377 g/mol. The molecule has 3 rings (SSSR count). The molecule has 0 N–H and O–H groups in total. The van der Waals surface area contributed by atoms with Crippen LogP contribution in [0.3, 0.4) is 0 Å². The second kappa shape index (κ2) is 8.66. The zero-order chi connectivity index (χ0) is 18.5. The first kappa shape index (κ1) is 18.9. The van der Waals surface area contributed by atoms with E-state index in [1.54, 1.807) is 4.90 Å². The van der Waals surface area contributed by atoms with Crippen LogP contribution in [0.15, 0.2) is 16.8 Å². The molecule has 1 aromatic heterocycles. The fourth-order valence-corrected chi connectivity index (χ4v) is 4.44. The van der Waals surface area contributed by atoms with Crippen molar-refractivity contribution in [3.05, 3.63) is 22.4 Å². The van der Waals surface area contributed by atoms with Crippen molar-refractivity contribution in [3.8, 4) is 0 Å². The topological polar surface area (TPSA) is 60.9 Å². The molecule has 1 atom stereocenters. The van der Waals surface area contributed by atoms with E-state index in [-0.39, 0.29) is 23.8 Å². The van der Waals surface area contributed by atoms with Gasteiger partial charge < -0.3 is 14.7 Å². The highest BCUT2D eigenvalue weighted by Crippen LogP contribution is 2.21. The van der Waals surface area contributed by atoms with E-state index < -0.39 is 0 Å². The molecule has 3 amide bonds. The summed E-state index contributed by atoms with van der Waals surface area (Å²) in [6.07, 6.45) is 3.92. The van der Waals surface area contributed by atoms with Crippen molar-refractivity contribution in [2.45, 2.75) is 45.1 Å². The van der Waals surface area contributed by atoms with Crippen LogP contribution in [0.1, 0.15) is 49.4 Å². The fourth-order valence-electron chi connectivity index (χ4n) is 3.81. The lowest BCUT2D eigenvalue weighted by atomic mass is 10.00. The molecule has 1 unspecified atom stereocenters. The van der Waals surface area contributed by atoms with E-state index >= 15 is 0 Å². The molecule has 1 aromatic rings. The zero-order valence-electron chi connectivity index (χ0n) is 15.4. The highest BCUT2D eigenvalue weighted by molar-refractivity contribution is 7.08. The van der Waals surface area contributed by atoms with Crippen molar-refractivity contribution in [1.82, 2.24) is 14.7 Å². The van der Waals surface area contributed by atoms with Crippen molar-refractivity contribution >= 4 is 29.1 Å². The smallest absolute Gasteiger partial charge is 0.254 e. The lowest BCUT2D eigenvalue weighted by molar-refractivity contribution is -0.147. The number of carbonyl (C=O) groups excluding carboxylic acids is 3. The molecule has 3 heterocycles. The van der Waals surface area contributed by atoms with Gasteiger partial charge in [0.2, 0.25) is 11.8 Å². The molecule has 0 spiro atoms. The molecule has 0 bridgehead atoms. The molecule has 26 heavy (non-hydrogen) atoms. The minimum atomic E-state index is -0.324. The van der Waals surface area contributed by atoms with Crippen LogP contribution in [0, 0.1) is 0 Å². The first-order valence-electron chi connectivity index (χ1n) is 9.51. The van der Waals surface area contributed by atoms with E-state index in [2.05, 4.69) is 0 Å². The second-order valence-electron chi connectivity index (χ2n) is 6.94. The first-order chi connectivity index (χ1) is 12.6. The minimum absolute atomic E-state index is 0.0426. The van der Waals surface area contributed by atoms with Gasteiger partial charge in [0.15, 0.2) is 0 Å². The van der Waals surface area contributed by atoms with E-state index in [0.29, 0.717) is 39.1 Å². The van der Waals surface area contributed by atoms with Crippen molar-refractivity contribution in [3.63, 3.8) is 0 Å². The Labute approximate surface area is 158 Å². The van der Waals surface area contributed by atoms with Crippen molar-refractivity contribution in [1.29, 1.82) is 0 Å². The van der Waals surface area contributed by atoms with Crippen LogP contribution in [-0.4, -0.2) is 71.2 Å². The average molecular weight is 378 g/mol. The number of piperidine rings is 1. The third kappa shape index (κ3) is 4.09. The second-order valence-corrected chi connectivity index (χ2v) is 7.72. The first-order valence-corrected chi connectivity index (χ1v) is 10.5. The average Bonchev–Trinajstić information content (AvgIpc) is 3.11. The lowest BCUT2D eigenvalue weighted by Crippen LogP contribution is -2.53. The van der Waals surface area contributed by atoms with Gasteiger partial charge in [-0.1, -0.05) is 6.92 Å². The molecular weight excluding hydrogens is 350 g/mol. The van der Waals surface area contributed by atoms with Crippen LogP contribution < -0.4 is 0 Å². The molecule has 0 aromatic carbocycles. The normalized spacial score (nSPS) is 21.4. The molecule has 2 saturated heterocycles. The Morgan fingerprint density at radius 3 is 2.54 bits per heavy atom. The standard InChI is InChI=1S/C19H27N3O3S/c1-2-17(23)22-10-4-3-6-16(22)19(25)21-9-5-8-20(11-12-21)18(24)15-7-13-26-14-15/h7,13-14,16H,2-6,8-12H2,1H3. The summed E-state index contributed by atoms with van der Waals surface area (Å²) >= 11 is 1.52. The molecule has 0 saturated carbocycles. The highest BCUT2D eigenvalue weighted by atomic mass is 32.1. The Morgan fingerprint density at radius 2 is 1.81 bits per heavy atom. The fraction of sp³-hybridized carbons (Fsp3) is 0.632. The Balaban J connectivity index is 1.63. The lowest BCUT2D eigenvalue weighted by Gasteiger charge is -2.37. The van der Waals surface area contributed by atoms with Crippen LogP contribution in [0.25, 0.3) is 0 Å².